The Kier molecular flexibility index (Phi) is 4.52. The predicted molar refractivity (Wildman–Crippen MR) is 56.0 cm³/mol. The van der Waals surface area contributed by atoms with Crippen molar-refractivity contribution in [1.82, 2.24) is 0 Å². The summed E-state index contributed by atoms with van der Waals surface area (Å²) < 4.78 is 5.00. The summed E-state index contributed by atoms with van der Waals surface area (Å²) >= 11 is 0. The Morgan fingerprint density at radius 1 is 1.38 bits per heavy atom. The molecule has 2 nitrogen and oxygen atoms in total. The second-order valence-electron chi connectivity index (χ2n) is 2.42. The molecule has 0 fully saturated rings. The van der Waals surface area contributed by atoms with Gasteiger partial charge in [-0.3, -0.25) is 0 Å². The van der Waals surface area contributed by atoms with Crippen molar-refractivity contribution in [3.8, 4) is 0 Å². The van der Waals surface area contributed by atoms with E-state index in [1.807, 2.05) is 37.3 Å². The standard InChI is InChI=1S/C10H13O2P/c1-2-12-8-9-13(11)10-6-4-3-5-7-10/h3-9,11H,2H2,1H3/b9-8+. The van der Waals surface area contributed by atoms with Crippen LogP contribution >= 0.6 is 8.15 Å². The molecular formula is C10H13O2P. The van der Waals surface area contributed by atoms with E-state index in [0.29, 0.717) is 6.61 Å². The van der Waals surface area contributed by atoms with Crippen LogP contribution in [0.4, 0.5) is 0 Å². The number of rotatable bonds is 4. The van der Waals surface area contributed by atoms with Gasteiger partial charge in [0.05, 0.1) is 21.0 Å². The third kappa shape index (κ3) is 3.58. The first-order valence-corrected chi connectivity index (χ1v) is 5.52. The summed E-state index contributed by atoms with van der Waals surface area (Å²) in [5.41, 5.74) is 0. The van der Waals surface area contributed by atoms with E-state index in [2.05, 4.69) is 0 Å². The fraction of sp³-hybridized carbons (Fsp3) is 0.200. The van der Waals surface area contributed by atoms with Crippen molar-refractivity contribution in [2.24, 2.45) is 0 Å². The molecule has 0 heterocycles. The van der Waals surface area contributed by atoms with Crippen LogP contribution in [0.15, 0.2) is 42.4 Å². The fourth-order valence-electron chi connectivity index (χ4n) is 0.864. The SMILES string of the molecule is CCO/C=C/P(O)c1ccccc1. The Labute approximate surface area is 79.7 Å². The highest BCUT2D eigenvalue weighted by molar-refractivity contribution is 7.63. The van der Waals surface area contributed by atoms with Crippen LogP contribution in [0.2, 0.25) is 0 Å². The molecule has 0 aliphatic heterocycles. The molecule has 0 saturated carbocycles. The highest BCUT2D eigenvalue weighted by Crippen LogP contribution is 2.29. The monoisotopic (exact) mass is 196 g/mol. The van der Waals surface area contributed by atoms with E-state index in [1.54, 1.807) is 12.1 Å². The van der Waals surface area contributed by atoms with E-state index in [1.165, 1.54) is 0 Å². The summed E-state index contributed by atoms with van der Waals surface area (Å²) in [6.07, 6.45) is 1.55. The van der Waals surface area contributed by atoms with E-state index >= 15 is 0 Å². The van der Waals surface area contributed by atoms with Gasteiger partial charge in [0.1, 0.15) is 0 Å². The van der Waals surface area contributed by atoms with Crippen LogP contribution in [0.25, 0.3) is 0 Å². The molecule has 1 N–H and O–H groups in total. The minimum absolute atomic E-state index is 0.633. The van der Waals surface area contributed by atoms with Crippen LogP contribution in [0.3, 0.4) is 0 Å². The molecule has 1 aromatic carbocycles. The average molecular weight is 196 g/mol. The highest BCUT2D eigenvalue weighted by atomic mass is 31.1. The molecule has 70 valence electrons. The smallest absolute Gasteiger partial charge is 0.0858 e. The third-order valence-electron chi connectivity index (χ3n) is 1.49. The maximum Gasteiger partial charge on any atom is 0.0858 e. The lowest BCUT2D eigenvalue weighted by molar-refractivity contribution is 0.270. The summed E-state index contributed by atoms with van der Waals surface area (Å²) in [7, 11) is -1.19. The second-order valence-corrected chi connectivity index (χ2v) is 3.92. The molecule has 0 spiro atoms. The highest BCUT2D eigenvalue weighted by Gasteiger charge is 2.00. The van der Waals surface area contributed by atoms with Crippen molar-refractivity contribution in [3.63, 3.8) is 0 Å². The first-order chi connectivity index (χ1) is 6.34. The zero-order chi connectivity index (χ0) is 9.52. The van der Waals surface area contributed by atoms with Crippen LogP contribution in [0.5, 0.6) is 0 Å². The van der Waals surface area contributed by atoms with Crippen molar-refractivity contribution >= 4 is 13.5 Å². The molecule has 0 aliphatic carbocycles. The largest absolute Gasteiger partial charge is 0.501 e. The molecule has 13 heavy (non-hydrogen) atoms. The molecule has 0 saturated heterocycles. The Morgan fingerprint density at radius 3 is 2.69 bits per heavy atom. The molecule has 0 amide bonds. The van der Waals surface area contributed by atoms with Gasteiger partial charge < -0.3 is 9.63 Å². The lowest BCUT2D eigenvalue weighted by Crippen LogP contribution is -1.96. The van der Waals surface area contributed by atoms with Crippen molar-refractivity contribution in [2.75, 3.05) is 6.61 Å². The predicted octanol–water partition coefficient (Wildman–Crippen LogP) is 2.21. The Bertz CT molecular complexity index is 259. The van der Waals surface area contributed by atoms with Crippen LogP contribution in [0, 0.1) is 0 Å². The van der Waals surface area contributed by atoms with E-state index in [0.717, 1.165) is 5.30 Å². The van der Waals surface area contributed by atoms with Gasteiger partial charge >= 0.3 is 0 Å². The molecule has 1 rings (SSSR count). The van der Waals surface area contributed by atoms with Gasteiger partial charge in [0.2, 0.25) is 0 Å². The molecule has 0 bridgehead atoms. The lowest BCUT2D eigenvalue weighted by Gasteiger charge is -2.04. The average Bonchev–Trinajstić information content (AvgIpc) is 2.19. The van der Waals surface area contributed by atoms with Gasteiger partial charge in [0.25, 0.3) is 0 Å². The zero-order valence-electron chi connectivity index (χ0n) is 7.55. The van der Waals surface area contributed by atoms with Crippen molar-refractivity contribution in [3.05, 3.63) is 42.4 Å². The van der Waals surface area contributed by atoms with Gasteiger partial charge in [-0.2, -0.15) is 0 Å². The molecule has 3 heteroatoms. The van der Waals surface area contributed by atoms with Gasteiger partial charge in [-0.05, 0) is 6.92 Å². The normalized spacial score (nSPS) is 13.1. The molecule has 1 aromatic rings. The fourth-order valence-corrected chi connectivity index (χ4v) is 1.71. The minimum Gasteiger partial charge on any atom is -0.501 e. The van der Waals surface area contributed by atoms with E-state index in [9.17, 15) is 4.89 Å². The first kappa shape index (κ1) is 10.2. The number of hydrogen-bond donors (Lipinski definition) is 1. The molecule has 0 radical (unpaired) electrons. The maximum absolute atomic E-state index is 9.65. The molecule has 0 aliphatic rings. The van der Waals surface area contributed by atoms with E-state index in [4.69, 9.17) is 4.74 Å². The lowest BCUT2D eigenvalue weighted by atomic mass is 10.4. The Hall–Kier alpha value is -0.850. The summed E-state index contributed by atoms with van der Waals surface area (Å²) in [4.78, 5) is 9.65. The zero-order valence-corrected chi connectivity index (χ0v) is 8.45. The van der Waals surface area contributed by atoms with Crippen molar-refractivity contribution in [2.45, 2.75) is 6.92 Å². The summed E-state index contributed by atoms with van der Waals surface area (Å²) in [6, 6.07) is 9.56. The summed E-state index contributed by atoms with van der Waals surface area (Å²) in [5.74, 6) is 1.69. The van der Waals surface area contributed by atoms with Crippen LogP contribution in [-0.2, 0) is 4.74 Å². The minimum atomic E-state index is -1.19. The van der Waals surface area contributed by atoms with Crippen LogP contribution in [-0.4, -0.2) is 11.5 Å². The van der Waals surface area contributed by atoms with Crippen molar-refractivity contribution < 1.29 is 9.63 Å². The molecule has 0 aromatic heterocycles. The second kappa shape index (κ2) is 5.74. The number of ether oxygens (including phenoxy) is 1. The van der Waals surface area contributed by atoms with Gasteiger partial charge in [-0.15, -0.1) is 0 Å². The quantitative estimate of drug-likeness (QED) is 0.591. The summed E-state index contributed by atoms with van der Waals surface area (Å²) in [6.45, 7) is 2.54. The molecule has 1 unspecified atom stereocenters. The topological polar surface area (TPSA) is 29.5 Å². The van der Waals surface area contributed by atoms with Gasteiger partial charge in [0.15, 0.2) is 0 Å². The maximum atomic E-state index is 9.65. The van der Waals surface area contributed by atoms with E-state index in [-0.39, 0.29) is 0 Å². The molecular weight excluding hydrogens is 183 g/mol. The number of benzene rings is 1. The van der Waals surface area contributed by atoms with Gasteiger partial charge in [-0.1, -0.05) is 30.3 Å². The van der Waals surface area contributed by atoms with E-state index < -0.39 is 8.15 Å². The Balaban J connectivity index is 2.53. The summed E-state index contributed by atoms with van der Waals surface area (Å²) in [5, 5.41) is 0.938. The third-order valence-corrected chi connectivity index (χ3v) is 2.72. The molecule has 1 atom stereocenters. The van der Waals surface area contributed by atoms with Gasteiger partial charge in [0, 0.05) is 11.1 Å². The van der Waals surface area contributed by atoms with Crippen molar-refractivity contribution in [1.29, 1.82) is 0 Å². The number of hydrogen-bond acceptors (Lipinski definition) is 2. The van der Waals surface area contributed by atoms with Crippen LogP contribution < -0.4 is 5.30 Å². The van der Waals surface area contributed by atoms with Crippen LogP contribution in [0.1, 0.15) is 6.92 Å². The first-order valence-electron chi connectivity index (χ1n) is 4.16. The van der Waals surface area contributed by atoms with Gasteiger partial charge in [-0.25, -0.2) is 0 Å². The Morgan fingerprint density at radius 2 is 2.08 bits per heavy atom.